The Hall–Kier alpha value is -0.340. The Morgan fingerprint density at radius 3 is 3.07 bits per heavy atom. The van der Waals surface area contributed by atoms with Gasteiger partial charge in [-0.3, -0.25) is 4.90 Å². The molecule has 0 amide bonds. The minimum atomic E-state index is 0.669. The van der Waals surface area contributed by atoms with Crippen LogP contribution in [0.15, 0.2) is 12.7 Å². The third-order valence-corrected chi connectivity index (χ3v) is 3.19. The topological polar surface area (TPSA) is 15.3 Å². The monoisotopic (exact) mass is 196 g/mol. The highest BCUT2D eigenvalue weighted by molar-refractivity contribution is 4.83. The van der Waals surface area contributed by atoms with Gasteiger partial charge in [0.15, 0.2) is 0 Å². The molecule has 1 aliphatic rings. The number of nitrogens with zero attached hydrogens (tertiary/aromatic N) is 1. The molecule has 0 saturated carbocycles. The van der Waals surface area contributed by atoms with E-state index >= 15 is 0 Å². The fraction of sp³-hybridized carbons (Fsp3) is 0.833. The van der Waals surface area contributed by atoms with Gasteiger partial charge < -0.3 is 5.32 Å². The van der Waals surface area contributed by atoms with Crippen LogP contribution in [-0.2, 0) is 0 Å². The Labute approximate surface area is 88.4 Å². The Morgan fingerprint density at radius 1 is 1.64 bits per heavy atom. The van der Waals surface area contributed by atoms with Gasteiger partial charge in [-0.1, -0.05) is 13.0 Å². The molecule has 0 spiro atoms. The smallest absolute Gasteiger partial charge is 0.0195 e. The maximum absolute atomic E-state index is 3.71. The van der Waals surface area contributed by atoms with E-state index in [0.717, 1.165) is 19.1 Å². The lowest BCUT2D eigenvalue weighted by Gasteiger charge is -2.30. The van der Waals surface area contributed by atoms with Gasteiger partial charge in [-0.2, -0.15) is 0 Å². The normalized spacial score (nSPS) is 25.1. The number of likely N-dealkylation sites (tertiary alicyclic amines) is 1. The van der Waals surface area contributed by atoms with Gasteiger partial charge in [-0.25, -0.2) is 0 Å². The van der Waals surface area contributed by atoms with Crippen molar-refractivity contribution in [1.29, 1.82) is 0 Å². The van der Waals surface area contributed by atoms with Gasteiger partial charge in [0.1, 0.15) is 0 Å². The highest BCUT2D eigenvalue weighted by atomic mass is 15.2. The minimum Gasteiger partial charge on any atom is -0.312 e. The second kappa shape index (κ2) is 6.20. The quantitative estimate of drug-likeness (QED) is 0.516. The number of rotatable bonds is 6. The Bertz CT molecular complexity index is 168. The van der Waals surface area contributed by atoms with E-state index in [2.05, 4.69) is 30.6 Å². The van der Waals surface area contributed by atoms with Crippen molar-refractivity contribution in [1.82, 2.24) is 10.2 Å². The van der Waals surface area contributed by atoms with Crippen molar-refractivity contribution in [3.8, 4) is 0 Å². The van der Waals surface area contributed by atoms with Crippen LogP contribution in [0.3, 0.4) is 0 Å². The molecule has 0 aromatic carbocycles. The van der Waals surface area contributed by atoms with E-state index in [9.17, 15) is 0 Å². The highest BCUT2D eigenvalue weighted by Crippen LogP contribution is 2.21. The van der Waals surface area contributed by atoms with Crippen LogP contribution in [0, 0.1) is 0 Å². The zero-order valence-electron chi connectivity index (χ0n) is 9.63. The average Bonchev–Trinajstić information content (AvgIpc) is 2.65. The second-order valence-electron chi connectivity index (χ2n) is 4.24. The van der Waals surface area contributed by atoms with Crippen molar-refractivity contribution in [3.05, 3.63) is 12.7 Å². The van der Waals surface area contributed by atoms with Crippen molar-refractivity contribution in [2.75, 3.05) is 19.6 Å². The summed E-state index contributed by atoms with van der Waals surface area (Å²) < 4.78 is 0. The molecule has 1 fully saturated rings. The highest BCUT2D eigenvalue weighted by Gasteiger charge is 2.26. The van der Waals surface area contributed by atoms with E-state index in [1.165, 1.54) is 25.8 Å². The van der Waals surface area contributed by atoms with Gasteiger partial charge in [0.25, 0.3) is 0 Å². The first kappa shape index (κ1) is 11.7. The minimum absolute atomic E-state index is 0.669. The molecule has 0 bridgehead atoms. The summed E-state index contributed by atoms with van der Waals surface area (Å²) in [4.78, 5) is 2.65. The molecule has 1 heterocycles. The summed E-state index contributed by atoms with van der Waals surface area (Å²) in [5, 5.41) is 3.40. The maximum atomic E-state index is 3.71. The molecular formula is C12H24N2. The summed E-state index contributed by atoms with van der Waals surface area (Å²) in [6.07, 6.45) is 5.99. The molecule has 1 saturated heterocycles. The summed E-state index contributed by atoms with van der Waals surface area (Å²) in [6.45, 7) is 11.6. The van der Waals surface area contributed by atoms with Crippen LogP contribution in [0.5, 0.6) is 0 Å². The van der Waals surface area contributed by atoms with E-state index < -0.39 is 0 Å². The summed E-state index contributed by atoms with van der Waals surface area (Å²) in [7, 11) is 0. The molecule has 2 nitrogen and oxygen atoms in total. The number of nitrogens with one attached hydrogen (secondary N) is 1. The fourth-order valence-corrected chi connectivity index (χ4v) is 2.39. The predicted octanol–water partition coefficient (Wildman–Crippen LogP) is 2.02. The fourth-order valence-electron chi connectivity index (χ4n) is 2.39. The molecule has 0 aromatic rings. The molecule has 2 unspecified atom stereocenters. The lowest BCUT2D eigenvalue weighted by atomic mass is 10.1. The lowest BCUT2D eigenvalue weighted by Crippen LogP contribution is -2.42. The lowest BCUT2D eigenvalue weighted by molar-refractivity contribution is 0.185. The van der Waals surface area contributed by atoms with Gasteiger partial charge in [-0.05, 0) is 32.7 Å². The first-order valence-electron chi connectivity index (χ1n) is 5.87. The van der Waals surface area contributed by atoms with Gasteiger partial charge in [0.05, 0.1) is 0 Å². The van der Waals surface area contributed by atoms with Gasteiger partial charge in [-0.15, -0.1) is 6.58 Å². The van der Waals surface area contributed by atoms with Crippen molar-refractivity contribution in [2.24, 2.45) is 0 Å². The van der Waals surface area contributed by atoms with Gasteiger partial charge >= 0.3 is 0 Å². The van der Waals surface area contributed by atoms with E-state index in [0.29, 0.717) is 6.04 Å². The molecule has 1 aliphatic heterocycles. The third-order valence-electron chi connectivity index (χ3n) is 3.19. The first-order chi connectivity index (χ1) is 6.79. The predicted molar refractivity (Wildman–Crippen MR) is 62.5 cm³/mol. The van der Waals surface area contributed by atoms with Crippen LogP contribution in [0.1, 0.15) is 33.1 Å². The van der Waals surface area contributed by atoms with Crippen LogP contribution in [-0.4, -0.2) is 36.6 Å². The van der Waals surface area contributed by atoms with Crippen molar-refractivity contribution >= 4 is 0 Å². The van der Waals surface area contributed by atoms with Gasteiger partial charge in [0.2, 0.25) is 0 Å². The average molecular weight is 196 g/mol. The van der Waals surface area contributed by atoms with Crippen LogP contribution in [0.4, 0.5) is 0 Å². The van der Waals surface area contributed by atoms with E-state index in [-0.39, 0.29) is 0 Å². The van der Waals surface area contributed by atoms with Gasteiger partial charge in [0, 0.05) is 25.2 Å². The standard InChI is InChI=1S/C12H24N2/c1-4-8-13-10-11(3)14-9-6-7-12(14)5-2/h4,11-13H,1,5-10H2,2-3H3. The Balaban J connectivity index is 2.27. The Morgan fingerprint density at radius 2 is 2.43 bits per heavy atom. The number of hydrogen-bond donors (Lipinski definition) is 1. The third kappa shape index (κ3) is 3.10. The first-order valence-corrected chi connectivity index (χ1v) is 5.87. The van der Waals surface area contributed by atoms with Crippen molar-refractivity contribution in [3.63, 3.8) is 0 Å². The molecule has 0 radical (unpaired) electrons. The van der Waals surface area contributed by atoms with Crippen molar-refractivity contribution < 1.29 is 0 Å². The Kier molecular flexibility index (Phi) is 5.20. The summed E-state index contributed by atoms with van der Waals surface area (Å²) in [5.41, 5.74) is 0. The van der Waals surface area contributed by atoms with Crippen LogP contribution < -0.4 is 5.32 Å². The summed E-state index contributed by atoms with van der Waals surface area (Å²) in [5.74, 6) is 0. The molecule has 1 N–H and O–H groups in total. The maximum Gasteiger partial charge on any atom is 0.0195 e. The van der Waals surface area contributed by atoms with E-state index in [1.807, 2.05) is 6.08 Å². The van der Waals surface area contributed by atoms with E-state index in [4.69, 9.17) is 0 Å². The molecule has 14 heavy (non-hydrogen) atoms. The largest absolute Gasteiger partial charge is 0.312 e. The summed E-state index contributed by atoms with van der Waals surface area (Å²) in [6, 6.07) is 1.50. The van der Waals surface area contributed by atoms with Crippen LogP contribution >= 0.6 is 0 Å². The molecule has 1 rings (SSSR count). The zero-order chi connectivity index (χ0) is 10.4. The molecule has 82 valence electrons. The van der Waals surface area contributed by atoms with Crippen LogP contribution in [0.25, 0.3) is 0 Å². The molecular weight excluding hydrogens is 172 g/mol. The number of hydrogen-bond acceptors (Lipinski definition) is 2. The van der Waals surface area contributed by atoms with E-state index in [1.54, 1.807) is 0 Å². The summed E-state index contributed by atoms with van der Waals surface area (Å²) >= 11 is 0. The SMILES string of the molecule is C=CCNCC(C)N1CCCC1CC. The molecule has 0 aliphatic carbocycles. The second-order valence-corrected chi connectivity index (χ2v) is 4.24. The molecule has 2 heteroatoms. The van der Waals surface area contributed by atoms with Crippen molar-refractivity contribution in [2.45, 2.75) is 45.2 Å². The van der Waals surface area contributed by atoms with Crippen LogP contribution in [0.2, 0.25) is 0 Å². The zero-order valence-corrected chi connectivity index (χ0v) is 9.63. The molecule has 2 atom stereocenters. The molecule has 0 aromatic heterocycles.